The predicted octanol–water partition coefficient (Wildman–Crippen LogP) is 1.83. The van der Waals surface area contributed by atoms with Gasteiger partial charge < -0.3 is 14.8 Å². The molecule has 27 heavy (non-hydrogen) atoms. The smallest absolute Gasteiger partial charge is 0.232 e. The molecule has 2 aromatic carbocycles. The number of anilines is 1. The van der Waals surface area contributed by atoms with E-state index < -0.39 is 10.0 Å². The number of methoxy groups -OCH3 is 2. The molecule has 0 atom stereocenters. The molecule has 1 amide bonds. The minimum absolute atomic E-state index is 0.0854. The molecule has 0 saturated heterocycles. The Balaban J connectivity index is 2.07. The summed E-state index contributed by atoms with van der Waals surface area (Å²) in [5.41, 5.74) is 1.28. The van der Waals surface area contributed by atoms with Crippen molar-refractivity contribution in [3.8, 4) is 11.5 Å². The maximum absolute atomic E-state index is 12.2. The summed E-state index contributed by atoms with van der Waals surface area (Å²) in [7, 11) is -0.588. The van der Waals surface area contributed by atoms with Crippen LogP contribution in [0.15, 0.2) is 48.5 Å². The van der Waals surface area contributed by atoms with Gasteiger partial charge in [0.2, 0.25) is 15.9 Å². The first kappa shape index (κ1) is 20.6. The predicted molar refractivity (Wildman–Crippen MR) is 105 cm³/mol. The highest BCUT2D eigenvalue weighted by molar-refractivity contribution is 7.92. The number of amides is 1. The van der Waals surface area contributed by atoms with Crippen molar-refractivity contribution in [3.05, 3.63) is 54.1 Å². The van der Waals surface area contributed by atoms with E-state index in [4.69, 9.17) is 9.47 Å². The standard InChI is InChI=1S/C19H24N2O5S/c1-25-16-9-10-17(18(14-16)26-2)21(27(3,23)24)12-11-20-19(22)13-15-7-5-4-6-8-15/h4-10,14H,11-13H2,1-3H3,(H,20,22). The molecule has 0 saturated carbocycles. The molecular weight excluding hydrogens is 368 g/mol. The van der Waals surface area contributed by atoms with Crippen LogP contribution in [-0.2, 0) is 21.2 Å². The van der Waals surface area contributed by atoms with Crippen LogP contribution in [0.3, 0.4) is 0 Å². The number of hydrogen-bond donors (Lipinski definition) is 1. The van der Waals surface area contributed by atoms with Gasteiger partial charge in [-0.2, -0.15) is 0 Å². The molecule has 0 fully saturated rings. The fourth-order valence-electron chi connectivity index (χ4n) is 2.60. The highest BCUT2D eigenvalue weighted by Gasteiger charge is 2.21. The molecule has 0 aromatic heterocycles. The third-order valence-corrected chi connectivity index (χ3v) is 5.08. The van der Waals surface area contributed by atoms with Gasteiger partial charge in [-0.05, 0) is 17.7 Å². The molecule has 0 aliphatic carbocycles. The molecule has 2 rings (SSSR count). The lowest BCUT2D eigenvalue weighted by Gasteiger charge is -2.24. The van der Waals surface area contributed by atoms with E-state index in [0.717, 1.165) is 11.8 Å². The molecule has 0 heterocycles. The summed E-state index contributed by atoms with van der Waals surface area (Å²) in [6.45, 7) is 0.260. The molecule has 146 valence electrons. The molecule has 1 N–H and O–H groups in total. The zero-order valence-corrected chi connectivity index (χ0v) is 16.5. The van der Waals surface area contributed by atoms with Crippen molar-refractivity contribution in [2.45, 2.75) is 6.42 Å². The Hall–Kier alpha value is -2.74. The van der Waals surface area contributed by atoms with Crippen LogP contribution in [0.1, 0.15) is 5.56 Å². The number of ether oxygens (including phenoxy) is 2. The van der Waals surface area contributed by atoms with Crippen LogP contribution in [0.2, 0.25) is 0 Å². The van der Waals surface area contributed by atoms with Crippen LogP contribution >= 0.6 is 0 Å². The third-order valence-electron chi connectivity index (χ3n) is 3.90. The minimum Gasteiger partial charge on any atom is -0.497 e. The maximum atomic E-state index is 12.2. The van der Waals surface area contributed by atoms with Crippen LogP contribution in [-0.4, -0.2) is 47.9 Å². The van der Waals surface area contributed by atoms with E-state index in [9.17, 15) is 13.2 Å². The van der Waals surface area contributed by atoms with Crippen LogP contribution in [0.4, 0.5) is 5.69 Å². The number of carbonyl (C=O) groups is 1. The summed E-state index contributed by atoms with van der Waals surface area (Å²) in [4.78, 5) is 12.1. The summed E-state index contributed by atoms with van der Waals surface area (Å²) >= 11 is 0. The molecule has 0 aliphatic heterocycles. The van der Waals surface area contributed by atoms with Gasteiger partial charge in [0.05, 0.1) is 39.1 Å². The van der Waals surface area contributed by atoms with E-state index in [1.54, 1.807) is 18.2 Å². The quantitative estimate of drug-likeness (QED) is 0.704. The van der Waals surface area contributed by atoms with Crippen molar-refractivity contribution in [2.24, 2.45) is 0 Å². The van der Waals surface area contributed by atoms with Gasteiger partial charge in [-0.15, -0.1) is 0 Å². The molecule has 0 aliphatic rings. The average Bonchev–Trinajstić information content (AvgIpc) is 2.64. The molecule has 0 radical (unpaired) electrons. The zero-order valence-electron chi connectivity index (χ0n) is 15.6. The second-order valence-corrected chi connectivity index (χ2v) is 7.79. The van der Waals surface area contributed by atoms with Crippen molar-refractivity contribution in [2.75, 3.05) is 37.9 Å². The average molecular weight is 392 g/mol. The fourth-order valence-corrected chi connectivity index (χ4v) is 3.53. The Kier molecular flexibility index (Phi) is 7.06. The Labute approximate surface area is 160 Å². The summed E-state index contributed by atoms with van der Waals surface area (Å²) in [6, 6.07) is 14.2. The highest BCUT2D eigenvalue weighted by Crippen LogP contribution is 2.33. The molecule has 0 unspecified atom stereocenters. The summed E-state index contributed by atoms with van der Waals surface area (Å²) in [5, 5.41) is 2.75. The summed E-state index contributed by atoms with van der Waals surface area (Å²) in [6.07, 6.45) is 1.36. The summed E-state index contributed by atoms with van der Waals surface area (Å²) < 4.78 is 36.1. The molecule has 8 heteroatoms. The second-order valence-electron chi connectivity index (χ2n) is 5.89. The van der Waals surface area contributed by atoms with Gasteiger partial charge in [-0.25, -0.2) is 8.42 Å². The van der Waals surface area contributed by atoms with E-state index in [1.807, 2.05) is 30.3 Å². The Morgan fingerprint density at radius 2 is 1.78 bits per heavy atom. The number of sulfonamides is 1. The van der Waals surface area contributed by atoms with Gasteiger partial charge >= 0.3 is 0 Å². The van der Waals surface area contributed by atoms with Crippen molar-refractivity contribution < 1.29 is 22.7 Å². The number of hydrogen-bond acceptors (Lipinski definition) is 5. The van der Waals surface area contributed by atoms with Crippen molar-refractivity contribution in [3.63, 3.8) is 0 Å². The maximum Gasteiger partial charge on any atom is 0.232 e. The van der Waals surface area contributed by atoms with Crippen LogP contribution in [0, 0.1) is 0 Å². The Morgan fingerprint density at radius 1 is 1.07 bits per heavy atom. The normalized spacial score (nSPS) is 10.9. The minimum atomic E-state index is -3.57. The topological polar surface area (TPSA) is 84.9 Å². The van der Waals surface area contributed by atoms with Crippen molar-refractivity contribution >= 4 is 21.6 Å². The van der Waals surface area contributed by atoms with Crippen molar-refractivity contribution in [1.29, 1.82) is 0 Å². The van der Waals surface area contributed by atoms with Crippen LogP contribution in [0.25, 0.3) is 0 Å². The lowest BCUT2D eigenvalue weighted by atomic mass is 10.1. The summed E-state index contributed by atoms with van der Waals surface area (Å²) in [5.74, 6) is 0.756. The highest BCUT2D eigenvalue weighted by atomic mass is 32.2. The number of benzene rings is 2. The van der Waals surface area contributed by atoms with Crippen molar-refractivity contribution in [1.82, 2.24) is 5.32 Å². The number of nitrogens with zero attached hydrogens (tertiary/aromatic N) is 1. The fraction of sp³-hybridized carbons (Fsp3) is 0.316. The van der Waals surface area contributed by atoms with E-state index in [1.165, 1.54) is 18.5 Å². The molecule has 0 spiro atoms. The van der Waals surface area contributed by atoms with Crippen LogP contribution < -0.4 is 19.1 Å². The molecule has 7 nitrogen and oxygen atoms in total. The van der Waals surface area contributed by atoms with Gasteiger partial charge in [0.1, 0.15) is 11.5 Å². The largest absolute Gasteiger partial charge is 0.497 e. The lowest BCUT2D eigenvalue weighted by Crippen LogP contribution is -2.38. The molecule has 2 aromatic rings. The first-order valence-electron chi connectivity index (χ1n) is 8.35. The lowest BCUT2D eigenvalue weighted by molar-refractivity contribution is -0.120. The zero-order chi connectivity index (χ0) is 19.9. The molecule has 0 bridgehead atoms. The number of carbonyl (C=O) groups excluding carboxylic acids is 1. The molecular formula is C19H24N2O5S. The van der Waals surface area contributed by atoms with E-state index in [0.29, 0.717) is 17.2 Å². The SMILES string of the molecule is COc1ccc(N(CCNC(=O)Cc2ccccc2)S(C)(=O)=O)c(OC)c1. The van der Waals surface area contributed by atoms with Gasteiger partial charge in [-0.1, -0.05) is 30.3 Å². The first-order chi connectivity index (χ1) is 12.8. The monoisotopic (exact) mass is 392 g/mol. The van der Waals surface area contributed by atoms with E-state index in [2.05, 4.69) is 5.32 Å². The first-order valence-corrected chi connectivity index (χ1v) is 10.2. The third kappa shape index (κ3) is 5.89. The van der Waals surface area contributed by atoms with Gasteiger partial charge in [-0.3, -0.25) is 9.10 Å². The van der Waals surface area contributed by atoms with Gasteiger partial charge in [0.25, 0.3) is 0 Å². The van der Waals surface area contributed by atoms with E-state index >= 15 is 0 Å². The van der Waals surface area contributed by atoms with Gasteiger partial charge in [0.15, 0.2) is 0 Å². The number of rotatable bonds is 9. The Bertz CT molecular complexity index is 869. The Morgan fingerprint density at radius 3 is 2.37 bits per heavy atom. The van der Waals surface area contributed by atoms with Gasteiger partial charge in [0, 0.05) is 12.6 Å². The van der Waals surface area contributed by atoms with Crippen LogP contribution in [0.5, 0.6) is 11.5 Å². The number of nitrogens with one attached hydrogen (secondary N) is 1. The second kappa shape index (κ2) is 9.27. The van der Waals surface area contributed by atoms with E-state index in [-0.39, 0.29) is 25.4 Å².